The molecule has 1 aliphatic heterocycles. The van der Waals surface area contributed by atoms with Crippen molar-refractivity contribution in [1.82, 2.24) is 4.90 Å². The second kappa shape index (κ2) is 6.83. The zero-order chi connectivity index (χ0) is 16.3. The smallest absolute Gasteiger partial charge is 0.151 e. The van der Waals surface area contributed by atoms with Gasteiger partial charge in [0.25, 0.3) is 0 Å². The number of rotatable bonds is 5. The summed E-state index contributed by atoms with van der Waals surface area (Å²) in [6.07, 6.45) is 0.686. The minimum atomic E-state index is -2.92. The largest absolute Gasteiger partial charge is 0.290 e. The molecule has 2 heterocycles. The van der Waals surface area contributed by atoms with Crippen LogP contribution in [0.2, 0.25) is 0 Å². The summed E-state index contributed by atoms with van der Waals surface area (Å²) < 4.78 is 23.7. The van der Waals surface area contributed by atoms with Crippen molar-refractivity contribution in [2.45, 2.75) is 25.6 Å². The van der Waals surface area contributed by atoms with Crippen molar-refractivity contribution in [2.75, 3.05) is 11.5 Å². The Balaban J connectivity index is 1.81. The number of benzene rings is 1. The Labute approximate surface area is 140 Å². The molecule has 0 amide bonds. The molecule has 2 aromatic rings. The molecule has 1 aromatic carbocycles. The SMILES string of the molecule is N#Cc1cccc(CN(Cc2cccs2)C2CCS(=O)(=O)C2)c1. The number of nitriles is 1. The quantitative estimate of drug-likeness (QED) is 0.835. The zero-order valence-electron chi connectivity index (χ0n) is 12.7. The van der Waals surface area contributed by atoms with Gasteiger partial charge in [-0.3, -0.25) is 4.90 Å². The molecule has 1 fully saturated rings. The van der Waals surface area contributed by atoms with Gasteiger partial charge in [0.2, 0.25) is 0 Å². The molecule has 1 saturated heterocycles. The van der Waals surface area contributed by atoms with Crippen LogP contribution < -0.4 is 0 Å². The molecule has 1 unspecified atom stereocenters. The first-order valence-corrected chi connectivity index (χ1v) is 10.2. The zero-order valence-corrected chi connectivity index (χ0v) is 14.3. The average Bonchev–Trinajstić information content (AvgIpc) is 3.16. The highest BCUT2D eigenvalue weighted by molar-refractivity contribution is 7.91. The molecule has 3 rings (SSSR count). The lowest BCUT2D eigenvalue weighted by atomic mass is 10.1. The van der Waals surface area contributed by atoms with Crippen LogP contribution in [0, 0.1) is 11.3 Å². The molecule has 6 heteroatoms. The van der Waals surface area contributed by atoms with Crippen LogP contribution in [-0.2, 0) is 22.9 Å². The second-order valence-electron chi connectivity index (χ2n) is 5.85. The highest BCUT2D eigenvalue weighted by Gasteiger charge is 2.32. The average molecular weight is 346 g/mol. The molecule has 0 N–H and O–H groups in total. The van der Waals surface area contributed by atoms with Crippen LogP contribution >= 0.6 is 11.3 Å². The van der Waals surface area contributed by atoms with Gasteiger partial charge in [0.1, 0.15) is 0 Å². The molecular formula is C17H18N2O2S2. The number of thiophene rings is 1. The van der Waals surface area contributed by atoms with Gasteiger partial charge in [-0.05, 0) is 35.6 Å². The summed E-state index contributed by atoms with van der Waals surface area (Å²) in [5.74, 6) is 0.507. The molecule has 0 aliphatic carbocycles. The minimum Gasteiger partial charge on any atom is -0.290 e. The molecule has 1 aliphatic rings. The lowest BCUT2D eigenvalue weighted by Crippen LogP contribution is -2.35. The van der Waals surface area contributed by atoms with E-state index in [1.807, 2.05) is 29.6 Å². The fourth-order valence-corrected chi connectivity index (χ4v) is 5.44. The van der Waals surface area contributed by atoms with Crippen LogP contribution in [-0.4, -0.2) is 30.9 Å². The monoisotopic (exact) mass is 346 g/mol. The predicted octanol–water partition coefficient (Wildman–Crippen LogP) is 2.81. The molecule has 0 spiro atoms. The lowest BCUT2D eigenvalue weighted by molar-refractivity contribution is 0.196. The molecule has 1 atom stereocenters. The van der Waals surface area contributed by atoms with Crippen molar-refractivity contribution in [3.8, 4) is 6.07 Å². The summed E-state index contributed by atoms with van der Waals surface area (Å²) in [7, 11) is -2.92. The van der Waals surface area contributed by atoms with Gasteiger partial charge in [0, 0.05) is 24.0 Å². The topological polar surface area (TPSA) is 61.2 Å². The Bertz CT molecular complexity index is 807. The first kappa shape index (κ1) is 16.2. The van der Waals surface area contributed by atoms with Crippen LogP contribution in [0.15, 0.2) is 41.8 Å². The first-order valence-electron chi connectivity index (χ1n) is 7.52. The number of sulfone groups is 1. The molecular weight excluding hydrogens is 328 g/mol. The van der Waals surface area contributed by atoms with Crippen molar-refractivity contribution < 1.29 is 8.42 Å². The molecule has 4 nitrogen and oxygen atoms in total. The molecule has 23 heavy (non-hydrogen) atoms. The summed E-state index contributed by atoms with van der Waals surface area (Å²) in [6, 6.07) is 13.8. The molecule has 0 radical (unpaired) electrons. The number of hydrogen-bond acceptors (Lipinski definition) is 5. The van der Waals surface area contributed by atoms with E-state index in [9.17, 15) is 8.42 Å². The van der Waals surface area contributed by atoms with Crippen molar-refractivity contribution in [3.63, 3.8) is 0 Å². The van der Waals surface area contributed by atoms with E-state index in [-0.39, 0.29) is 17.5 Å². The van der Waals surface area contributed by atoms with E-state index >= 15 is 0 Å². The third-order valence-electron chi connectivity index (χ3n) is 4.11. The fourth-order valence-electron chi connectivity index (χ4n) is 2.95. The minimum absolute atomic E-state index is 0.0489. The standard InChI is InChI=1S/C17H18N2O2S2/c18-10-14-3-1-4-15(9-14)11-19(12-17-5-2-7-22-17)16-6-8-23(20,21)13-16/h1-5,7,9,16H,6,8,11-13H2. The molecule has 120 valence electrons. The van der Waals surface area contributed by atoms with E-state index in [1.54, 1.807) is 17.4 Å². The first-order chi connectivity index (χ1) is 11.1. The van der Waals surface area contributed by atoms with Crippen LogP contribution in [0.1, 0.15) is 22.4 Å². The van der Waals surface area contributed by atoms with Crippen LogP contribution in [0.25, 0.3) is 0 Å². The highest BCUT2D eigenvalue weighted by Crippen LogP contribution is 2.24. The van der Waals surface area contributed by atoms with E-state index in [0.717, 1.165) is 12.1 Å². The third kappa shape index (κ3) is 4.20. The highest BCUT2D eigenvalue weighted by atomic mass is 32.2. The summed E-state index contributed by atoms with van der Waals surface area (Å²) in [5, 5.41) is 11.1. The maximum Gasteiger partial charge on any atom is 0.151 e. The van der Waals surface area contributed by atoms with Gasteiger partial charge >= 0.3 is 0 Å². The second-order valence-corrected chi connectivity index (χ2v) is 9.11. The van der Waals surface area contributed by atoms with Gasteiger partial charge < -0.3 is 0 Å². The van der Waals surface area contributed by atoms with Crippen molar-refractivity contribution in [3.05, 3.63) is 57.8 Å². The van der Waals surface area contributed by atoms with Crippen molar-refractivity contribution >= 4 is 21.2 Å². The van der Waals surface area contributed by atoms with Gasteiger partial charge in [0.05, 0.1) is 23.1 Å². The van der Waals surface area contributed by atoms with Crippen LogP contribution in [0.4, 0.5) is 0 Å². The van der Waals surface area contributed by atoms with Crippen LogP contribution in [0.3, 0.4) is 0 Å². The molecule has 0 bridgehead atoms. The maximum absolute atomic E-state index is 11.8. The van der Waals surface area contributed by atoms with E-state index < -0.39 is 9.84 Å². The van der Waals surface area contributed by atoms with Crippen molar-refractivity contribution in [2.24, 2.45) is 0 Å². The maximum atomic E-state index is 11.8. The van der Waals surface area contributed by atoms with Crippen LogP contribution in [0.5, 0.6) is 0 Å². The molecule has 0 saturated carbocycles. The van der Waals surface area contributed by atoms with E-state index in [4.69, 9.17) is 5.26 Å². The van der Waals surface area contributed by atoms with Crippen molar-refractivity contribution in [1.29, 1.82) is 5.26 Å². The fraction of sp³-hybridized carbons (Fsp3) is 0.353. The summed E-state index contributed by atoms with van der Waals surface area (Å²) >= 11 is 1.68. The Hall–Kier alpha value is -1.68. The van der Waals surface area contributed by atoms with Gasteiger partial charge in [-0.1, -0.05) is 18.2 Å². The Morgan fingerprint density at radius 1 is 1.26 bits per heavy atom. The predicted molar refractivity (Wildman–Crippen MR) is 91.8 cm³/mol. The third-order valence-corrected chi connectivity index (χ3v) is 6.72. The lowest BCUT2D eigenvalue weighted by Gasteiger charge is -2.27. The van der Waals surface area contributed by atoms with E-state index in [2.05, 4.69) is 17.0 Å². The van der Waals surface area contributed by atoms with Gasteiger partial charge in [-0.2, -0.15) is 5.26 Å². The van der Waals surface area contributed by atoms with Gasteiger partial charge in [-0.15, -0.1) is 11.3 Å². The Kier molecular flexibility index (Phi) is 4.81. The Morgan fingerprint density at radius 3 is 2.78 bits per heavy atom. The number of nitrogens with zero attached hydrogens (tertiary/aromatic N) is 2. The normalized spacial score (nSPS) is 19.7. The van der Waals surface area contributed by atoms with E-state index in [1.165, 1.54) is 4.88 Å². The summed E-state index contributed by atoms with van der Waals surface area (Å²) in [5.41, 5.74) is 1.68. The van der Waals surface area contributed by atoms with E-state index in [0.29, 0.717) is 18.5 Å². The summed E-state index contributed by atoms with van der Waals surface area (Å²) in [4.78, 5) is 3.46. The number of hydrogen-bond donors (Lipinski definition) is 0. The summed E-state index contributed by atoms with van der Waals surface area (Å²) in [6.45, 7) is 1.41. The Morgan fingerprint density at radius 2 is 2.13 bits per heavy atom. The molecule has 1 aromatic heterocycles. The van der Waals surface area contributed by atoms with Gasteiger partial charge in [-0.25, -0.2) is 8.42 Å². The van der Waals surface area contributed by atoms with Gasteiger partial charge in [0.15, 0.2) is 9.84 Å².